The molecule has 0 saturated carbocycles. The summed E-state index contributed by atoms with van der Waals surface area (Å²) in [5.74, 6) is 0.273. The van der Waals surface area contributed by atoms with Crippen molar-refractivity contribution in [2.24, 2.45) is 11.8 Å². The van der Waals surface area contributed by atoms with Gasteiger partial charge in [-0.3, -0.25) is 4.90 Å². The summed E-state index contributed by atoms with van der Waals surface area (Å²) in [6.45, 7) is 8.81. The maximum absolute atomic E-state index is 13.5. The fraction of sp³-hybridized carbons (Fsp3) is 0.531. The van der Waals surface area contributed by atoms with Crippen molar-refractivity contribution in [1.82, 2.24) is 15.1 Å². The molecule has 1 N–H and O–H groups in total. The number of halogens is 2. The van der Waals surface area contributed by atoms with Crippen LogP contribution in [0.15, 0.2) is 70.4 Å². The molecule has 5 rings (SSSR count). The molecule has 1 aliphatic carbocycles. The third-order valence-electron chi connectivity index (χ3n) is 8.92. The summed E-state index contributed by atoms with van der Waals surface area (Å²) >= 11 is 6.37. The van der Waals surface area contributed by atoms with Crippen LogP contribution in [0.3, 0.4) is 0 Å². The van der Waals surface area contributed by atoms with Gasteiger partial charge < -0.3 is 19.7 Å². The summed E-state index contributed by atoms with van der Waals surface area (Å²) in [4.78, 5) is 17.7. The van der Waals surface area contributed by atoms with Crippen LogP contribution in [0, 0.1) is 17.7 Å². The summed E-state index contributed by atoms with van der Waals surface area (Å²) in [6, 6.07) is 5.97. The summed E-state index contributed by atoms with van der Waals surface area (Å²) in [5.41, 5.74) is 3.39. The number of hydrogen-bond acceptors (Lipinski definition) is 5. The molecule has 6 unspecified atom stereocenters. The number of nitrogens with one attached hydrogen (secondary N) is 1. The van der Waals surface area contributed by atoms with Crippen LogP contribution in [0.1, 0.15) is 46.5 Å². The van der Waals surface area contributed by atoms with Gasteiger partial charge in [-0.2, -0.15) is 0 Å². The van der Waals surface area contributed by atoms with Crippen LogP contribution in [0.2, 0.25) is 0 Å². The fourth-order valence-corrected chi connectivity index (χ4v) is 6.70. The number of carbonyl (C=O) groups is 1. The van der Waals surface area contributed by atoms with Crippen LogP contribution in [-0.2, 0) is 4.74 Å². The third kappa shape index (κ3) is 6.32. The van der Waals surface area contributed by atoms with Crippen LogP contribution in [0.5, 0.6) is 5.75 Å². The van der Waals surface area contributed by atoms with Crippen molar-refractivity contribution in [3.05, 3.63) is 76.3 Å². The Morgan fingerprint density at radius 2 is 2.02 bits per heavy atom. The van der Waals surface area contributed by atoms with Crippen molar-refractivity contribution < 1.29 is 18.7 Å². The highest BCUT2D eigenvalue weighted by molar-refractivity contribution is 6.31. The first-order chi connectivity index (χ1) is 19.2. The zero-order valence-corrected chi connectivity index (χ0v) is 24.7. The number of hydrogen-bond donors (Lipinski definition) is 1. The molecular formula is C32H41ClFN3O3. The van der Waals surface area contributed by atoms with Crippen molar-refractivity contribution in [1.29, 1.82) is 0 Å². The first kappa shape index (κ1) is 28.9. The number of rotatable bonds is 8. The maximum Gasteiger partial charge on any atom is 0.416 e. The Morgan fingerprint density at radius 1 is 1.25 bits per heavy atom. The van der Waals surface area contributed by atoms with E-state index in [0.717, 1.165) is 35.8 Å². The van der Waals surface area contributed by atoms with Crippen LogP contribution >= 0.6 is 11.6 Å². The number of carbonyl (C=O) groups excluding carboxylic acids is 1. The van der Waals surface area contributed by atoms with Crippen LogP contribution in [-0.4, -0.2) is 66.9 Å². The van der Waals surface area contributed by atoms with Gasteiger partial charge in [0.2, 0.25) is 0 Å². The average Bonchev–Trinajstić information content (AvgIpc) is 3.51. The monoisotopic (exact) mass is 569 g/mol. The van der Waals surface area contributed by atoms with Crippen molar-refractivity contribution in [3.8, 4) is 5.75 Å². The van der Waals surface area contributed by atoms with Gasteiger partial charge in [-0.1, -0.05) is 36.8 Å². The van der Waals surface area contributed by atoms with Gasteiger partial charge in [-0.05, 0) is 94.6 Å². The van der Waals surface area contributed by atoms with Crippen molar-refractivity contribution in [2.45, 2.75) is 70.7 Å². The average molecular weight is 570 g/mol. The Morgan fingerprint density at radius 3 is 2.75 bits per heavy atom. The van der Waals surface area contributed by atoms with Gasteiger partial charge in [0, 0.05) is 41.8 Å². The SMILES string of the molecule is C/C(=C\C(C)C(C)OCCC1CCCN1C)C1C2=C(CCN1C(=O)Oc1ccc(F)cc1)C1C=C(Cl)C=CC1N2. The predicted molar refractivity (Wildman–Crippen MR) is 157 cm³/mol. The number of fused-ring (bicyclic) bond motifs is 2. The summed E-state index contributed by atoms with van der Waals surface area (Å²) in [5, 5.41) is 4.43. The lowest BCUT2D eigenvalue weighted by molar-refractivity contribution is 0.0326. The minimum absolute atomic E-state index is 0.0436. The summed E-state index contributed by atoms with van der Waals surface area (Å²) < 4.78 is 25.4. The van der Waals surface area contributed by atoms with E-state index in [1.165, 1.54) is 49.2 Å². The molecule has 8 heteroatoms. The van der Waals surface area contributed by atoms with E-state index in [1.54, 1.807) is 4.90 Å². The van der Waals surface area contributed by atoms with Gasteiger partial charge in [0.15, 0.2) is 0 Å². The van der Waals surface area contributed by atoms with Crippen LogP contribution in [0.4, 0.5) is 9.18 Å². The fourth-order valence-electron chi connectivity index (χ4n) is 6.49. The zero-order chi connectivity index (χ0) is 28.4. The third-order valence-corrected chi connectivity index (χ3v) is 9.17. The summed E-state index contributed by atoms with van der Waals surface area (Å²) in [7, 11) is 2.20. The molecule has 40 heavy (non-hydrogen) atoms. The maximum atomic E-state index is 13.5. The van der Waals surface area contributed by atoms with Crippen molar-refractivity contribution in [2.75, 3.05) is 26.7 Å². The molecule has 3 heterocycles. The second-order valence-electron chi connectivity index (χ2n) is 11.6. The summed E-state index contributed by atoms with van der Waals surface area (Å²) in [6.07, 6.45) is 12.2. The Labute approximate surface area is 242 Å². The van der Waals surface area contributed by atoms with E-state index < -0.39 is 6.09 Å². The van der Waals surface area contributed by atoms with Gasteiger partial charge in [0.1, 0.15) is 11.6 Å². The first-order valence-corrected chi connectivity index (χ1v) is 14.9. The Hall–Kier alpha value is -2.61. The minimum Gasteiger partial charge on any atom is -0.410 e. The first-order valence-electron chi connectivity index (χ1n) is 14.5. The molecule has 3 aliphatic heterocycles. The number of ether oxygens (including phenoxy) is 2. The molecule has 1 saturated heterocycles. The molecule has 216 valence electrons. The van der Waals surface area contributed by atoms with Gasteiger partial charge in [-0.15, -0.1) is 0 Å². The van der Waals surface area contributed by atoms with Gasteiger partial charge in [0.25, 0.3) is 0 Å². The van der Waals surface area contributed by atoms with E-state index in [4.69, 9.17) is 21.1 Å². The minimum atomic E-state index is -0.450. The predicted octanol–water partition coefficient (Wildman–Crippen LogP) is 6.41. The molecule has 0 radical (unpaired) electrons. The number of allylic oxidation sites excluding steroid dienone is 2. The molecule has 0 aromatic heterocycles. The molecular weight excluding hydrogens is 529 g/mol. The lowest BCUT2D eigenvalue weighted by atomic mass is 9.85. The normalized spacial score (nSPS) is 28.1. The molecule has 1 amide bonds. The van der Waals surface area contributed by atoms with Crippen LogP contribution < -0.4 is 10.1 Å². The lowest BCUT2D eigenvalue weighted by Gasteiger charge is -2.37. The molecule has 6 atom stereocenters. The van der Waals surface area contributed by atoms with E-state index in [-0.39, 0.29) is 35.8 Å². The molecule has 0 bridgehead atoms. The standard InChI is InChI=1S/C32H41ClFN3O3/c1-20(22(3)39-17-14-25-6-5-15-36(25)4)18-21(2)31-30-27(28-19-23(33)7-12-29(28)35-30)13-16-37(31)32(38)40-26-10-8-24(34)9-11-26/h7-12,18-20,22,25,28-29,31,35H,5-6,13-17H2,1-4H3/b21-18+. The Balaban J connectivity index is 1.34. The van der Waals surface area contributed by atoms with Crippen LogP contribution in [0.25, 0.3) is 0 Å². The second-order valence-corrected chi connectivity index (χ2v) is 12.1. The highest BCUT2D eigenvalue weighted by Gasteiger charge is 2.43. The van der Waals surface area contributed by atoms with Crippen molar-refractivity contribution >= 4 is 17.7 Å². The highest BCUT2D eigenvalue weighted by Crippen LogP contribution is 2.41. The van der Waals surface area contributed by atoms with Gasteiger partial charge in [0.05, 0.1) is 18.2 Å². The van der Waals surface area contributed by atoms with Gasteiger partial charge in [-0.25, -0.2) is 9.18 Å². The van der Waals surface area contributed by atoms with E-state index in [1.807, 2.05) is 6.08 Å². The number of benzene rings is 1. The number of nitrogens with zero attached hydrogens (tertiary/aromatic N) is 2. The largest absolute Gasteiger partial charge is 0.416 e. The van der Waals surface area contributed by atoms with Gasteiger partial charge >= 0.3 is 6.09 Å². The number of likely N-dealkylation sites (tertiary alicyclic amines) is 1. The van der Waals surface area contributed by atoms with E-state index >= 15 is 0 Å². The van der Waals surface area contributed by atoms with E-state index in [2.05, 4.69) is 56.3 Å². The Bertz CT molecular complexity index is 1210. The Kier molecular flexibility index (Phi) is 9.03. The van der Waals surface area contributed by atoms with E-state index in [9.17, 15) is 9.18 Å². The highest BCUT2D eigenvalue weighted by atomic mass is 35.5. The molecule has 1 aromatic carbocycles. The molecule has 4 aliphatic rings. The quantitative estimate of drug-likeness (QED) is 0.367. The topological polar surface area (TPSA) is 54.0 Å². The zero-order valence-electron chi connectivity index (χ0n) is 23.9. The van der Waals surface area contributed by atoms with E-state index in [0.29, 0.717) is 18.3 Å². The molecule has 6 nitrogen and oxygen atoms in total. The second kappa shape index (κ2) is 12.5. The molecule has 1 aromatic rings. The molecule has 0 spiro atoms. The van der Waals surface area contributed by atoms with Crippen molar-refractivity contribution in [3.63, 3.8) is 0 Å². The number of amides is 1. The lowest BCUT2D eigenvalue weighted by Crippen LogP contribution is -2.49. The molecule has 1 fully saturated rings. The smallest absolute Gasteiger partial charge is 0.410 e.